The van der Waals surface area contributed by atoms with Gasteiger partial charge >= 0.3 is 5.97 Å². The summed E-state index contributed by atoms with van der Waals surface area (Å²) in [4.78, 5) is 13.2. The number of rotatable bonds is 4. The van der Waals surface area contributed by atoms with Crippen LogP contribution in [0.25, 0.3) is 0 Å². The van der Waals surface area contributed by atoms with Crippen LogP contribution in [-0.2, 0) is 6.54 Å². The van der Waals surface area contributed by atoms with E-state index < -0.39 is 5.97 Å². The maximum absolute atomic E-state index is 11.0. The second-order valence-electron chi connectivity index (χ2n) is 5.87. The molecule has 1 aromatic heterocycles. The Morgan fingerprint density at radius 1 is 1.53 bits per heavy atom. The van der Waals surface area contributed by atoms with Gasteiger partial charge < -0.3 is 9.52 Å². The number of hydrogen-bond donors (Lipinski definition) is 1. The Bertz CT molecular complexity index is 452. The van der Waals surface area contributed by atoms with Crippen molar-refractivity contribution in [3.8, 4) is 0 Å². The number of carboxylic acid groups (broad SMARTS) is 1. The van der Waals surface area contributed by atoms with Crippen molar-refractivity contribution in [3.63, 3.8) is 0 Å². The molecular formula is C15H23NO3. The first-order valence-corrected chi connectivity index (χ1v) is 7.00. The van der Waals surface area contributed by atoms with Gasteiger partial charge in [-0.2, -0.15) is 0 Å². The van der Waals surface area contributed by atoms with Crippen LogP contribution in [0.4, 0.5) is 0 Å². The zero-order valence-electron chi connectivity index (χ0n) is 12.0. The Morgan fingerprint density at radius 2 is 2.26 bits per heavy atom. The first-order chi connectivity index (χ1) is 8.97. The zero-order valence-corrected chi connectivity index (χ0v) is 12.0. The summed E-state index contributed by atoms with van der Waals surface area (Å²) < 4.78 is 5.42. The molecule has 0 saturated heterocycles. The minimum atomic E-state index is -0.988. The number of aryl methyl sites for hydroxylation is 1. The summed E-state index contributed by atoms with van der Waals surface area (Å²) in [7, 11) is 2.10. The van der Waals surface area contributed by atoms with Crippen LogP contribution < -0.4 is 0 Å². The molecule has 4 heteroatoms. The SMILES string of the molecule is Cc1cc(CN(C)C2CCCC(C)C2)oc1C(=O)O. The van der Waals surface area contributed by atoms with Gasteiger partial charge in [0.15, 0.2) is 0 Å². The molecule has 1 N–H and O–H groups in total. The van der Waals surface area contributed by atoms with Gasteiger partial charge in [0.05, 0.1) is 6.54 Å². The second-order valence-corrected chi connectivity index (χ2v) is 5.87. The first-order valence-electron chi connectivity index (χ1n) is 7.00. The molecule has 0 bridgehead atoms. The Hall–Kier alpha value is -1.29. The highest BCUT2D eigenvalue weighted by Gasteiger charge is 2.23. The molecular weight excluding hydrogens is 242 g/mol. The average molecular weight is 265 g/mol. The fraction of sp³-hybridized carbons (Fsp3) is 0.667. The largest absolute Gasteiger partial charge is 0.475 e. The minimum Gasteiger partial charge on any atom is -0.475 e. The van der Waals surface area contributed by atoms with Crippen LogP contribution in [-0.4, -0.2) is 29.1 Å². The van der Waals surface area contributed by atoms with E-state index in [0.29, 0.717) is 18.2 Å². The monoisotopic (exact) mass is 265 g/mol. The molecule has 1 aliphatic carbocycles. The van der Waals surface area contributed by atoms with E-state index in [1.54, 1.807) is 6.92 Å². The zero-order chi connectivity index (χ0) is 14.0. The first kappa shape index (κ1) is 14.1. The fourth-order valence-corrected chi connectivity index (χ4v) is 3.02. The molecule has 2 unspecified atom stereocenters. The Balaban J connectivity index is 2.00. The van der Waals surface area contributed by atoms with Gasteiger partial charge in [-0.25, -0.2) is 4.79 Å². The third-order valence-electron chi connectivity index (χ3n) is 4.10. The van der Waals surface area contributed by atoms with Crippen LogP contribution >= 0.6 is 0 Å². The van der Waals surface area contributed by atoms with Crippen molar-refractivity contribution in [3.05, 3.63) is 23.2 Å². The fourth-order valence-electron chi connectivity index (χ4n) is 3.02. The van der Waals surface area contributed by atoms with E-state index in [4.69, 9.17) is 9.52 Å². The number of carboxylic acids is 1. The predicted molar refractivity (Wildman–Crippen MR) is 73.3 cm³/mol. The molecule has 1 heterocycles. The summed E-state index contributed by atoms with van der Waals surface area (Å²) in [6, 6.07) is 2.43. The molecule has 1 aromatic rings. The predicted octanol–water partition coefficient (Wildman–Crippen LogP) is 3.30. The molecule has 106 valence electrons. The van der Waals surface area contributed by atoms with Gasteiger partial charge in [-0.15, -0.1) is 0 Å². The molecule has 1 saturated carbocycles. The standard InChI is InChI=1S/C15H23NO3/c1-10-5-4-6-12(7-10)16(3)9-13-8-11(2)14(19-13)15(17)18/h8,10,12H,4-7,9H2,1-3H3,(H,17,18). The quantitative estimate of drug-likeness (QED) is 0.907. The molecule has 4 nitrogen and oxygen atoms in total. The van der Waals surface area contributed by atoms with Crippen molar-refractivity contribution in [2.75, 3.05) is 7.05 Å². The summed E-state index contributed by atoms with van der Waals surface area (Å²) in [5.41, 5.74) is 0.702. The van der Waals surface area contributed by atoms with Crippen molar-refractivity contribution in [1.82, 2.24) is 4.90 Å². The van der Waals surface area contributed by atoms with E-state index >= 15 is 0 Å². The Labute approximate surface area is 114 Å². The van der Waals surface area contributed by atoms with Gasteiger partial charge in [0.1, 0.15) is 5.76 Å². The van der Waals surface area contributed by atoms with E-state index in [1.165, 1.54) is 25.7 Å². The van der Waals surface area contributed by atoms with E-state index in [-0.39, 0.29) is 5.76 Å². The van der Waals surface area contributed by atoms with Crippen molar-refractivity contribution >= 4 is 5.97 Å². The maximum Gasteiger partial charge on any atom is 0.372 e. The molecule has 1 aliphatic rings. The number of aromatic carboxylic acids is 1. The van der Waals surface area contributed by atoms with Crippen LogP contribution in [0.2, 0.25) is 0 Å². The Morgan fingerprint density at radius 3 is 2.84 bits per heavy atom. The lowest BCUT2D eigenvalue weighted by molar-refractivity contribution is 0.0656. The maximum atomic E-state index is 11.0. The third kappa shape index (κ3) is 3.38. The number of nitrogens with zero attached hydrogens (tertiary/aromatic N) is 1. The minimum absolute atomic E-state index is 0.0698. The molecule has 1 fully saturated rings. The van der Waals surface area contributed by atoms with Crippen LogP contribution in [0.15, 0.2) is 10.5 Å². The highest BCUT2D eigenvalue weighted by molar-refractivity contribution is 5.86. The number of furan rings is 1. The third-order valence-corrected chi connectivity index (χ3v) is 4.10. The van der Waals surface area contributed by atoms with Crippen molar-refractivity contribution in [2.45, 2.75) is 52.1 Å². The van der Waals surface area contributed by atoms with Crippen LogP contribution in [0.3, 0.4) is 0 Å². The van der Waals surface area contributed by atoms with Crippen molar-refractivity contribution in [1.29, 1.82) is 0 Å². The van der Waals surface area contributed by atoms with Gasteiger partial charge in [0.2, 0.25) is 5.76 Å². The van der Waals surface area contributed by atoms with Gasteiger partial charge in [0, 0.05) is 11.6 Å². The molecule has 0 spiro atoms. The van der Waals surface area contributed by atoms with E-state index in [1.807, 2.05) is 6.07 Å². The van der Waals surface area contributed by atoms with E-state index in [9.17, 15) is 4.79 Å². The van der Waals surface area contributed by atoms with Crippen molar-refractivity contribution in [2.24, 2.45) is 5.92 Å². The second kappa shape index (κ2) is 5.78. The van der Waals surface area contributed by atoms with Crippen LogP contribution in [0.1, 0.15) is 54.5 Å². The molecule has 0 aliphatic heterocycles. The van der Waals surface area contributed by atoms with Gasteiger partial charge in [0.25, 0.3) is 0 Å². The van der Waals surface area contributed by atoms with Crippen molar-refractivity contribution < 1.29 is 14.3 Å². The lowest BCUT2D eigenvalue weighted by atomic mass is 9.86. The molecule has 2 rings (SSSR count). The molecule has 19 heavy (non-hydrogen) atoms. The van der Waals surface area contributed by atoms with E-state index in [0.717, 1.165) is 11.7 Å². The summed E-state index contributed by atoms with van der Waals surface area (Å²) in [5.74, 6) is 0.614. The lowest BCUT2D eigenvalue weighted by Gasteiger charge is -2.33. The number of hydrogen-bond acceptors (Lipinski definition) is 3. The molecule has 0 radical (unpaired) electrons. The van der Waals surface area contributed by atoms with Gasteiger partial charge in [-0.05, 0) is 38.8 Å². The van der Waals surface area contributed by atoms with Crippen LogP contribution in [0.5, 0.6) is 0 Å². The smallest absolute Gasteiger partial charge is 0.372 e. The summed E-state index contributed by atoms with van der Waals surface area (Å²) >= 11 is 0. The lowest BCUT2D eigenvalue weighted by Crippen LogP contribution is -2.34. The topological polar surface area (TPSA) is 53.7 Å². The van der Waals surface area contributed by atoms with Crippen LogP contribution in [0, 0.1) is 12.8 Å². The molecule has 0 amide bonds. The average Bonchev–Trinajstić information content (AvgIpc) is 2.70. The Kier molecular flexibility index (Phi) is 4.30. The van der Waals surface area contributed by atoms with E-state index in [2.05, 4.69) is 18.9 Å². The van der Waals surface area contributed by atoms with Gasteiger partial charge in [-0.1, -0.05) is 19.8 Å². The normalized spacial score (nSPS) is 23.8. The van der Waals surface area contributed by atoms with Gasteiger partial charge in [-0.3, -0.25) is 4.90 Å². The number of carbonyl (C=O) groups is 1. The summed E-state index contributed by atoms with van der Waals surface area (Å²) in [5, 5.41) is 8.99. The molecule has 2 atom stereocenters. The summed E-state index contributed by atoms with van der Waals surface area (Å²) in [6.45, 7) is 4.77. The highest BCUT2D eigenvalue weighted by atomic mass is 16.4. The molecule has 0 aromatic carbocycles. The summed E-state index contributed by atoms with van der Waals surface area (Å²) in [6.07, 6.45) is 5.06. The highest BCUT2D eigenvalue weighted by Crippen LogP contribution is 2.28.